The summed E-state index contributed by atoms with van der Waals surface area (Å²) in [4.78, 5) is 10.4. The normalized spacial score (nSPS) is 15.5. The first-order chi connectivity index (χ1) is 13.6. The van der Waals surface area contributed by atoms with E-state index in [-0.39, 0.29) is 0 Å². The Labute approximate surface area is 169 Å². The lowest BCUT2D eigenvalue weighted by molar-refractivity contribution is 0.384. The molecule has 6 nitrogen and oxygen atoms in total. The van der Waals surface area contributed by atoms with Crippen molar-refractivity contribution < 1.29 is 8.42 Å². The van der Waals surface area contributed by atoms with Crippen LogP contribution in [0.1, 0.15) is 0 Å². The van der Waals surface area contributed by atoms with E-state index in [9.17, 15) is 8.42 Å². The second-order valence-corrected chi connectivity index (χ2v) is 8.82. The third-order valence-corrected chi connectivity index (χ3v) is 6.97. The maximum atomic E-state index is 13.0. The van der Waals surface area contributed by atoms with Gasteiger partial charge in [-0.15, -0.1) is 0 Å². The molecule has 4 rings (SSSR count). The van der Waals surface area contributed by atoms with Crippen LogP contribution in [0.5, 0.6) is 0 Å². The molecule has 1 aliphatic heterocycles. The summed E-state index contributed by atoms with van der Waals surface area (Å²) in [5.41, 5.74) is 2.05. The predicted octanol–water partition coefficient (Wildman–Crippen LogP) is 3.31. The number of benzene rings is 2. The van der Waals surface area contributed by atoms with Gasteiger partial charge in [0.15, 0.2) is 5.82 Å². The zero-order chi connectivity index (χ0) is 19.6. The largest absolute Gasteiger partial charge is 0.353 e. The molecule has 28 heavy (non-hydrogen) atoms. The molecule has 2 aromatic carbocycles. The minimum Gasteiger partial charge on any atom is -0.353 e. The maximum Gasteiger partial charge on any atom is 0.243 e. The van der Waals surface area contributed by atoms with E-state index in [1.807, 2.05) is 47.4 Å². The van der Waals surface area contributed by atoms with E-state index in [4.69, 9.17) is 11.6 Å². The number of nitrogens with zero attached hydrogens (tertiary/aromatic N) is 4. The number of sulfonamides is 1. The lowest BCUT2D eigenvalue weighted by Gasteiger charge is -2.34. The van der Waals surface area contributed by atoms with Gasteiger partial charge >= 0.3 is 0 Å². The molecule has 2 heterocycles. The smallest absolute Gasteiger partial charge is 0.243 e. The van der Waals surface area contributed by atoms with E-state index >= 15 is 0 Å². The molecule has 3 aromatic rings. The van der Waals surface area contributed by atoms with Crippen molar-refractivity contribution in [2.24, 2.45) is 0 Å². The Bertz CT molecular complexity index is 1050. The van der Waals surface area contributed by atoms with E-state index in [0.717, 1.165) is 11.1 Å². The molecule has 0 N–H and O–H groups in total. The molecule has 8 heteroatoms. The van der Waals surface area contributed by atoms with Gasteiger partial charge in [0.25, 0.3) is 0 Å². The van der Waals surface area contributed by atoms with Crippen LogP contribution in [0.3, 0.4) is 0 Å². The first-order valence-electron chi connectivity index (χ1n) is 8.92. The second-order valence-electron chi connectivity index (χ2n) is 6.48. The monoisotopic (exact) mass is 414 g/mol. The molecule has 1 saturated heterocycles. The molecule has 1 aliphatic rings. The molecule has 0 spiro atoms. The minimum absolute atomic E-state index is 0.306. The summed E-state index contributed by atoms with van der Waals surface area (Å²) in [7, 11) is -3.54. The van der Waals surface area contributed by atoms with Crippen LogP contribution in [0.2, 0.25) is 5.02 Å². The van der Waals surface area contributed by atoms with Crippen LogP contribution in [0.15, 0.2) is 72.0 Å². The van der Waals surface area contributed by atoms with Crippen LogP contribution >= 0.6 is 11.6 Å². The van der Waals surface area contributed by atoms with Crippen LogP contribution < -0.4 is 4.90 Å². The van der Waals surface area contributed by atoms with Crippen LogP contribution in [-0.2, 0) is 10.0 Å². The van der Waals surface area contributed by atoms with Gasteiger partial charge in [0, 0.05) is 26.2 Å². The summed E-state index contributed by atoms with van der Waals surface area (Å²) in [5, 5.41) is 0.468. The van der Waals surface area contributed by atoms with Crippen molar-refractivity contribution >= 4 is 27.4 Å². The Morgan fingerprint density at radius 1 is 0.857 bits per heavy atom. The average Bonchev–Trinajstić information content (AvgIpc) is 2.75. The number of piperazine rings is 1. The fourth-order valence-corrected chi connectivity index (χ4v) is 4.93. The fraction of sp³-hybridized carbons (Fsp3) is 0.200. The number of hydrogen-bond acceptors (Lipinski definition) is 5. The molecule has 0 radical (unpaired) electrons. The second kappa shape index (κ2) is 7.87. The molecule has 0 unspecified atom stereocenters. The van der Waals surface area contributed by atoms with Crippen LogP contribution in [0, 0.1) is 0 Å². The van der Waals surface area contributed by atoms with Gasteiger partial charge in [-0.3, -0.25) is 0 Å². The molecule has 144 valence electrons. The molecule has 0 aliphatic carbocycles. The quantitative estimate of drug-likeness (QED) is 0.655. The van der Waals surface area contributed by atoms with Crippen molar-refractivity contribution in [2.45, 2.75) is 4.90 Å². The van der Waals surface area contributed by atoms with Crippen molar-refractivity contribution in [1.82, 2.24) is 14.3 Å². The standard InChI is InChI=1S/C20H19ClN4O2S/c21-19-14-22-15-23-20(19)24-10-12-25(13-11-24)28(26,27)18-8-6-17(7-9-18)16-4-2-1-3-5-16/h1-9,14-15H,10-13H2. The maximum absolute atomic E-state index is 13.0. The van der Waals surface area contributed by atoms with Gasteiger partial charge in [-0.25, -0.2) is 18.4 Å². The average molecular weight is 415 g/mol. The van der Waals surface area contributed by atoms with E-state index in [1.54, 1.807) is 18.3 Å². The fourth-order valence-electron chi connectivity index (χ4n) is 3.28. The zero-order valence-electron chi connectivity index (χ0n) is 15.1. The Kier molecular flexibility index (Phi) is 5.30. The van der Waals surface area contributed by atoms with Crippen LogP contribution in [0.25, 0.3) is 11.1 Å². The van der Waals surface area contributed by atoms with E-state index in [1.165, 1.54) is 10.6 Å². The molecular weight excluding hydrogens is 396 g/mol. The SMILES string of the molecule is O=S(=O)(c1ccc(-c2ccccc2)cc1)N1CCN(c2ncncc2Cl)CC1. The van der Waals surface area contributed by atoms with Crippen molar-refractivity contribution in [3.05, 3.63) is 72.1 Å². The minimum atomic E-state index is -3.54. The van der Waals surface area contributed by atoms with E-state index < -0.39 is 10.0 Å². The molecule has 0 atom stereocenters. The van der Waals surface area contributed by atoms with E-state index in [0.29, 0.717) is 41.9 Å². The van der Waals surface area contributed by atoms with Gasteiger partial charge < -0.3 is 4.90 Å². The summed E-state index contributed by atoms with van der Waals surface area (Å²) >= 11 is 6.15. The highest BCUT2D eigenvalue weighted by atomic mass is 35.5. The number of hydrogen-bond donors (Lipinski definition) is 0. The van der Waals surface area contributed by atoms with Gasteiger partial charge in [-0.2, -0.15) is 4.31 Å². The van der Waals surface area contributed by atoms with Crippen LogP contribution in [0.4, 0.5) is 5.82 Å². The Morgan fingerprint density at radius 2 is 1.50 bits per heavy atom. The van der Waals surface area contributed by atoms with Crippen molar-refractivity contribution in [1.29, 1.82) is 0 Å². The third kappa shape index (κ3) is 3.73. The third-order valence-electron chi connectivity index (χ3n) is 4.79. The summed E-state index contributed by atoms with van der Waals surface area (Å²) in [6, 6.07) is 16.9. The molecular formula is C20H19ClN4O2S. The predicted molar refractivity (Wildman–Crippen MR) is 110 cm³/mol. The highest BCUT2D eigenvalue weighted by Crippen LogP contribution is 2.26. The Hall–Kier alpha value is -2.48. The molecule has 0 bridgehead atoms. The van der Waals surface area contributed by atoms with Gasteiger partial charge in [0.2, 0.25) is 10.0 Å². The molecule has 0 amide bonds. The highest BCUT2D eigenvalue weighted by molar-refractivity contribution is 7.89. The summed E-state index contributed by atoms with van der Waals surface area (Å²) in [6.07, 6.45) is 2.99. The van der Waals surface area contributed by atoms with Gasteiger partial charge in [-0.1, -0.05) is 54.1 Å². The first kappa shape index (κ1) is 18.9. The summed E-state index contributed by atoms with van der Waals surface area (Å²) in [6.45, 7) is 1.81. The van der Waals surface area contributed by atoms with Crippen molar-refractivity contribution in [3.8, 4) is 11.1 Å². The van der Waals surface area contributed by atoms with Gasteiger partial charge in [0.05, 0.1) is 11.1 Å². The lowest BCUT2D eigenvalue weighted by atomic mass is 10.1. The van der Waals surface area contributed by atoms with E-state index in [2.05, 4.69) is 9.97 Å². The van der Waals surface area contributed by atoms with Crippen molar-refractivity contribution in [2.75, 3.05) is 31.1 Å². The molecule has 1 fully saturated rings. The topological polar surface area (TPSA) is 66.4 Å². The van der Waals surface area contributed by atoms with Crippen molar-refractivity contribution in [3.63, 3.8) is 0 Å². The van der Waals surface area contributed by atoms with Crippen LogP contribution in [-0.4, -0.2) is 48.9 Å². The zero-order valence-corrected chi connectivity index (χ0v) is 16.6. The highest BCUT2D eigenvalue weighted by Gasteiger charge is 2.29. The first-order valence-corrected chi connectivity index (χ1v) is 10.7. The van der Waals surface area contributed by atoms with Gasteiger partial charge in [-0.05, 0) is 23.3 Å². The summed E-state index contributed by atoms with van der Waals surface area (Å²) < 4.78 is 27.5. The molecule has 0 saturated carbocycles. The number of rotatable bonds is 4. The number of aromatic nitrogens is 2. The number of anilines is 1. The Balaban J connectivity index is 1.48. The lowest BCUT2D eigenvalue weighted by Crippen LogP contribution is -2.49. The number of halogens is 1. The van der Waals surface area contributed by atoms with Gasteiger partial charge in [0.1, 0.15) is 11.3 Å². The Morgan fingerprint density at radius 3 is 2.14 bits per heavy atom. The summed E-state index contributed by atoms with van der Waals surface area (Å²) in [5.74, 6) is 0.640. The molecule has 1 aromatic heterocycles.